The highest BCUT2D eigenvalue weighted by Gasteiger charge is 2.34. The van der Waals surface area contributed by atoms with Crippen LogP contribution in [-0.4, -0.2) is 153 Å². The smallest absolute Gasteiger partial charge is 0.328 e. The number of benzene rings is 3. The number of nitrogens with zero attached hydrogens (tertiary/aromatic N) is 3. The van der Waals surface area contributed by atoms with E-state index in [9.17, 15) is 47.9 Å². The number of primary amides is 1. The van der Waals surface area contributed by atoms with Crippen molar-refractivity contribution in [3.8, 4) is 0 Å². The fourth-order valence-electron chi connectivity index (χ4n) is 8.57. The maximum absolute atomic E-state index is 14.7. The summed E-state index contributed by atoms with van der Waals surface area (Å²) in [5.41, 5.74) is 41.0. The Balaban J connectivity index is 1.96. The van der Waals surface area contributed by atoms with Crippen LogP contribution in [0, 0.1) is 0 Å². The molecule has 7 atom stereocenters. The zero-order chi connectivity index (χ0) is 63.4. The molecule has 0 unspecified atom stereocenters. The zero-order valence-corrected chi connectivity index (χ0v) is 48.5. The van der Waals surface area contributed by atoms with E-state index in [4.69, 9.17) is 44.9 Å². The summed E-state index contributed by atoms with van der Waals surface area (Å²) >= 11 is 0. The number of hydrogen-bond acceptors (Lipinski definition) is 15. The molecule has 468 valence electrons. The highest BCUT2D eigenvalue weighted by molar-refractivity contribution is 5.97. The quantitative estimate of drug-likeness (QED) is 0.0118. The van der Waals surface area contributed by atoms with E-state index in [1.165, 1.54) is 7.11 Å². The minimum atomic E-state index is -1.42. The minimum absolute atomic E-state index is 0.0181. The van der Waals surface area contributed by atoms with Crippen LogP contribution < -0.4 is 77.4 Å². The Hall–Kier alpha value is -9.83. The summed E-state index contributed by atoms with van der Waals surface area (Å²) in [5, 5.41) is 18.8. The fraction of sp³-hybridized carbons (Fsp3) is 0.456. The van der Waals surface area contributed by atoms with Gasteiger partial charge in [0.05, 0.1) is 14.2 Å². The summed E-state index contributed by atoms with van der Waals surface area (Å²) < 4.78 is 9.36. The number of carbonyl (C=O) groups excluding carboxylic acids is 10. The van der Waals surface area contributed by atoms with Crippen molar-refractivity contribution >= 4 is 77.1 Å². The van der Waals surface area contributed by atoms with Gasteiger partial charge in [-0.2, -0.15) is 0 Å². The lowest BCUT2D eigenvalue weighted by molar-refractivity contribution is -0.146. The summed E-state index contributed by atoms with van der Waals surface area (Å²) in [4.78, 5) is 147. The average Bonchev–Trinajstić information content (AvgIpc) is 3.63. The number of ether oxygens (including phenoxy) is 2. The van der Waals surface area contributed by atoms with Gasteiger partial charge in [0.25, 0.3) is 0 Å². The average molecular weight is 1200 g/mol. The Labute approximate surface area is 499 Å². The van der Waals surface area contributed by atoms with Crippen molar-refractivity contribution in [1.29, 1.82) is 0 Å². The predicted octanol–water partition coefficient (Wildman–Crippen LogP) is -2.95. The number of esters is 2. The van der Waals surface area contributed by atoms with Crippen LogP contribution >= 0.6 is 0 Å². The Morgan fingerprint density at radius 3 is 1.02 bits per heavy atom. The number of guanidine groups is 3. The Kier molecular flexibility index (Phi) is 31.8. The van der Waals surface area contributed by atoms with Gasteiger partial charge >= 0.3 is 11.9 Å². The van der Waals surface area contributed by atoms with Gasteiger partial charge in [-0.05, 0) is 68.1 Å². The van der Waals surface area contributed by atoms with Gasteiger partial charge in [0.1, 0.15) is 42.3 Å². The monoisotopic (exact) mass is 1200 g/mol. The molecule has 8 amide bonds. The number of nitrogens with two attached hydrogens (primary N) is 7. The first-order chi connectivity index (χ1) is 41.1. The van der Waals surface area contributed by atoms with E-state index < -0.39 is 101 Å². The second kappa shape index (κ2) is 38.9. The van der Waals surface area contributed by atoms with Crippen molar-refractivity contribution in [2.24, 2.45) is 55.1 Å². The van der Waals surface area contributed by atoms with Crippen molar-refractivity contribution in [1.82, 2.24) is 37.2 Å². The number of hydrogen-bond donors (Lipinski definition) is 14. The molecule has 3 aromatic rings. The molecular weight excluding hydrogens is 1110 g/mol. The molecule has 0 aliphatic carbocycles. The summed E-state index contributed by atoms with van der Waals surface area (Å²) in [6, 6.07) is 16.9. The van der Waals surface area contributed by atoms with Crippen molar-refractivity contribution < 1.29 is 57.4 Å². The van der Waals surface area contributed by atoms with Gasteiger partial charge in [0.15, 0.2) is 17.9 Å². The van der Waals surface area contributed by atoms with Crippen LogP contribution in [0.5, 0.6) is 0 Å². The molecule has 0 radical (unpaired) electrons. The van der Waals surface area contributed by atoms with Gasteiger partial charge in [-0.3, -0.25) is 58.1 Å². The lowest BCUT2D eigenvalue weighted by atomic mass is 10.0. The highest BCUT2D eigenvalue weighted by Crippen LogP contribution is 2.13. The van der Waals surface area contributed by atoms with Crippen molar-refractivity contribution in [2.45, 2.75) is 132 Å². The molecule has 0 spiro atoms. The summed E-state index contributed by atoms with van der Waals surface area (Å²) in [5.74, 6) is -8.23. The molecule has 0 aromatic heterocycles. The minimum Gasteiger partial charge on any atom is -0.469 e. The van der Waals surface area contributed by atoms with Gasteiger partial charge in [0.2, 0.25) is 47.3 Å². The molecule has 0 saturated carbocycles. The SMILES string of the molecule is COC(=O)CC[C@H](NC(=O)CCCC(=O)N[C@@H](CCCN=C(N)N)C(=O)N[C@@H](Cc1ccccc1)C(=O)N[C@@H](CCCN=C(N)N)C(=O)N[C@@H](Cc1ccccc1)C(=O)N[C@@H](CCCN=C(N)N)C(=O)N[C@@H](Cc1ccccc1)C(N)=O)C(=O)OC. The third-order valence-corrected chi connectivity index (χ3v) is 13.0. The normalized spacial score (nSPS) is 13.1. The molecular formula is C57H83N17O12. The zero-order valence-electron chi connectivity index (χ0n) is 48.5. The van der Waals surface area contributed by atoms with E-state index in [-0.39, 0.29) is 127 Å². The first kappa shape index (κ1) is 70.4. The topological polar surface area (TPSA) is 493 Å². The molecule has 0 heterocycles. The molecule has 0 saturated heterocycles. The largest absolute Gasteiger partial charge is 0.469 e. The van der Waals surface area contributed by atoms with Crippen molar-refractivity contribution in [3.63, 3.8) is 0 Å². The van der Waals surface area contributed by atoms with Crippen LogP contribution in [0.25, 0.3) is 0 Å². The molecule has 29 heteroatoms. The van der Waals surface area contributed by atoms with Gasteiger partial charge in [-0.15, -0.1) is 0 Å². The van der Waals surface area contributed by atoms with Crippen LogP contribution in [0.15, 0.2) is 106 Å². The number of carbonyl (C=O) groups is 10. The number of amides is 8. The van der Waals surface area contributed by atoms with E-state index in [1.807, 2.05) is 0 Å². The first-order valence-electron chi connectivity index (χ1n) is 27.9. The number of aliphatic imine (C=N–C) groups is 3. The number of nitrogens with one attached hydrogen (secondary N) is 7. The number of methoxy groups -OCH3 is 2. The van der Waals surface area contributed by atoms with Crippen LogP contribution in [0.2, 0.25) is 0 Å². The third kappa shape index (κ3) is 28.4. The maximum Gasteiger partial charge on any atom is 0.328 e. The molecule has 0 aliphatic rings. The second-order valence-electron chi connectivity index (χ2n) is 19.9. The molecule has 3 aromatic carbocycles. The molecule has 3 rings (SSSR count). The van der Waals surface area contributed by atoms with Crippen molar-refractivity contribution in [2.75, 3.05) is 33.9 Å². The molecule has 29 nitrogen and oxygen atoms in total. The van der Waals surface area contributed by atoms with E-state index in [0.29, 0.717) is 16.7 Å². The number of rotatable bonds is 39. The van der Waals surface area contributed by atoms with Crippen LogP contribution in [0.4, 0.5) is 0 Å². The van der Waals surface area contributed by atoms with Crippen molar-refractivity contribution in [3.05, 3.63) is 108 Å². The highest BCUT2D eigenvalue weighted by atomic mass is 16.5. The Morgan fingerprint density at radius 2 is 0.686 bits per heavy atom. The molecule has 86 heavy (non-hydrogen) atoms. The Bertz CT molecular complexity index is 2780. The third-order valence-electron chi connectivity index (χ3n) is 13.0. The fourth-order valence-corrected chi connectivity index (χ4v) is 8.57. The molecule has 0 aliphatic heterocycles. The van der Waals surface area contributed by atoms with E-state index in [2.05, 4.69) is 56.9 Å². The van der Waals surface area contributed by atoms with Gasteiger partial charge < -0.3 is 86.8 Å². The summed E-state index contributed by atoms with van der Waals surface area (Å²) in [6.45, 7) is 0.152. The molecule has 0 bridgehead atoms. The van der Waals surface area contributed by atoms with E-state index in [0.717, 1.165) is 7.11 Å². The van der Waals surface area contributed by atoms with E-state index >= 15 is 0 Å². The summed E-state index contributed by atoms with van der Waals surface area (Å²) in [6.07, 6.45) is -0.679. The van der Waals surface area contributed by atoms with E-state index in [1.54, 1.807) is 91.0 Å². The molecule has 21 N–H and O–H groups in total. The maximum atomic E-state index is 14.7. The second-order valence-corrected chi connectivity index (χ2v) is 19.9. The van der Waals surface area contributed by atoms with Crippen LogP contribution in [-0.2, 0) is 76.7 Å². The summed E-state index contributed by atoms with van der Waals surface area (Å²) in [7, 11) is 2.30. The van der Waals surface area contributed by atoms with Gasteiger partial charge in [0, 0.05) is 58.2 Å². The predicted molar refractivity (Wildman–Crippen MR) is 320 cm³/mol. The first-order valence-corrected chi connectivity index (χ1v) is 27.9. The van der Waals surface area contributed by atoms with Gasteiger partial charge in [-0.25, -0.2) is 4.79 Å². The standard InChI is InChI=1S/C57H83N17O12/c1-85-47(77)28-27-41(54(84)86-2)69-46(76)26-12-25-45(75)68-38(22-13-29-65-55(59)60)49(79)73-43(33-36-18-8-4-9-19-36)52(82)71-40(24-15-31-67-57(63)64)51(81)74-44(34-37-20-10-5-11-21-37)53(83)70-39(23-14-30-66-56(61)62)50(80)72-42(48(58)78)32-35-16-6-3-7-17-35/h3-11,16-21,38-44H,12-15,22-34H2,1-2H3,(H2,58,78)(H,68,75)(H,69,76)(H,70,83)(H,71,82)(H,72,80)(H,73,79)(H,74,81)(H4,59,60,65)(H4,61,62,66)(H4,63,64,67)/t38-,39-,40-,41-,42-,43-,44-/m0/s1. The Morgan fingerprint density at radius 1 is 0.372 bits per heavy atom. The van der Waals surface area contributed by atoms with Gasteiger partial charge in [-0.1, -0.05) is 91.0 Å². The lowest BCUT2D eigenvalue weighted by Crippen LogP contribution is -2.60. The lowest BCUT2D eigenvalue weighted by Gasteiger charge is -2.28. The van der Waals surface area contributed by atoms with Crippen LogP contribution in [0.3, 0.4) is 0 Å². The molecule has 0 fully saturated rings. The van der Waals surface area contributed by atoms with Crippen LogP contribution in [0.1, 0.15) is 87.3 Å².